The van der Waals surface area contributed by atoms with E-state index in [0.717, 1.165) is 41.0 Å². The molecular formula is C21H29N3O3S. The highest BCUT2D eigenvalue weighted by Crippen LogP contribution is 2.37. The van der Waals surface area contributed by atoms with E-state index in [9.17, 15) is 9.59 Å². The second-order valence-corrected chi connectivity index (χ2v) is 10.1. The van der Waals surface area contributed by atoms with Gasteiger partial charge in [-0.2, -0.15) is 0 Å². The molecule has 3 heterocycles. The topological polar surface area (TPSA) is 73.2 Å². The van der Waals surface area contributed by atoms with E-state index in [4.69, 9.17) is 9.72 Å². The lowest BCUT2D eigenvalue weighted by atomic mass is 9.89. The first-order valence-corrected chi connectivity index (χ1v) is 11.1. The van der Waals surface area contributed by atoms with Gasteiger partial charge in [0.05, 0.1) is 17.6 Å². The number of carbonyl (C=O) groups is 1. The number of nitrogens with one attached hydrogen (secondary N) is 1. The molecule has 1 aliphatic heterocycles. The molecule has 152 valence electrons. The van der Waals surface area contributed by atoms with Crippen LogP contribution in [0.1, 0.15) is 82.0 Å². The quantitative estimate of drug-likeness (QED) is 0.838. The van der Waals surface area contributed by atoms with Gasteiger partial charge in [-0.3, -0.25) is 15.0 Å². The molecule has 2 aliphatic rings. The highest BCUT2D eigenvalue weighted by atomic mass is 32.1. The monoisotopic (exact) mass is 403 g/mol. The molecule has 1 aliphatic carbocycles. The van der Waals surface area contributed by atoms with Gasteiger partial charge in [-0.05, 0) is 32.3 Å². The molecule has 0 atom stereocenters. The number of ether oxygens (including phenoxy) is 1. The molecular weight excluding hydrogens is 374 g/mol. The fourth-order valence-corrected chi connectivity index (χ4v) is 5.37. The van der Waals surface area contributed by atoms with Gasteiger partial charge in [-0.25, -0.2) is 9.66 Å². The molecule has 0 radical (unpaired) electrons. The van der Waals surface area contributed by atoms with Crippen molar-refractivity contribution in [2.45, 2.75) is 84.3 Å². The first-order chi connectivity index (χ1) is 13.3. The average molecular weight is 404 g/mol. The molecule has 1 N–H and O–H groups in total. The van der Waals surface area contributed by atoms with Crippen LogP contribution in [0.5, 0.6) is 0 Å². The summed E-state index contributed by atoms with van der Waals surface area (Å²) in [5, 5.41) is 0.643. The third kappa shape index (κ3) is 3.50. The zero-order chi connectivity index (χ0) is 20.1. The molecule has 1 fully saturated rings. The summed E-state index contributed by atoms with van der Waals surface area (Å²) in [5.74, 6) is 0.564. The third-order valence-corrected chi connectivity index (χ3v) is 6.94. The maximum Gasteiger partial charge on any atom is 0.281 e. The van der Waals surface area contributed by atoms with Crippen LogP contribution in [0.15, 0.2) is 4.79 Å². The molecule has 1 amide bonds. The summed E-state index contributed by atoms with van der Waals surface area (Å²) < 4.78 is 7.33. The number of hydrogen-bond acceptors (Lipinski definition) is 5. The molecule has 0 saturated heterocycles. The zero-order valence-corrected chi connectivity index (χ0v) is 17.9. The number of rotatable bonds is 3. The lowest BCUT2D eigenvalue weighted by Gasteiger charge is -2.30. The van der Waals surface area contributed by atoms with Crippen LogP contribution in [0.2, 0.25) is 0 Å². The molecule has 1 saturated carbocycles. The Balaban J connectivity index is 1.80. The van der Waals surface area contributed by atoms with E-state index in [0.29, 0.717) is 24.2 Å². The smallest absolute Gasteiger partial charge is 0.281 e. The van der Waals surface area contributed by atoms with Crippen LogP contribution in [0.4, 0.5) is 0 Å². The summed E-state index contributed by atoms with van der Waals surface area (Å²) in [5.41, 5.74) is 3.48. The van der Waals surface area contributed by atoms with Gasteiger partial charge < -0.3 is 4.74 Å². The van der Waals surface area contributed by atoms with Crippen molar-refractivity contribution in [1.82, 2.24) is 9.66 Å². The first kappa shape index (κ1) is 19.6. The Labute approximate surface area is 169 Å². The molecule has 4 rings (SSSR count). The van der Waals surface area contributed by atoms with E-state index in [1.807, 2.05) is 27.7 Å². The lowest BCUT2D eigenvalue weighted by molar-refractivity contribution is -0.121. The molecule has 2 aromatic heterocycles. The van der Waals surface area contributed by atoms with Crippen molar-refractivity contribution in [1.29, 1.82) is 0 Å². The second-order valence-electron chi connectivity index (χ2n) is 8.99. The van der Waals surface area contributed by atoms with Gasteiger partial charge in [0.1, 0.15) is 10.7 Å². The van der Waals surface area contributed by atoms with Crippen LogP contribution >= 0.6 is 11.3 Å². The SMILES string of the molecule is CC(C)c1nc2sc3c(c2c(=O)n1NC(=O)C1CCCCC1)CC(C)(C)OC3. The van der Waals surface area contributed by atoms with Gasteiger partial charge in [-0.1, -0.05) is 33.1 Å². The van der Waals surface area contributed by atoms with Gasteiger partial charge in [0.2, 0.25) is 5.91 Å². The first-order valence-electron chi connectivity index (χ1n) is 10.3. The fraction of sp³-hybridized carbons (Fsp3) is 0.667. The largest absolute Gasteiger partial charge is 0.370 e. The van der Waals surface area contributed by atoms with Crippen LogP contribution in [0, 0.1) is 5.92 Å². The molecule has 0 spiro atoms. The van der Waals surface area contributed by atoms with Gasteiger partial charge in [-0.15, -0.1) is 11.3 Å². The minimum atomic E-state index is -0.305. The summed E-state index contributed by atoms with van der Waals surface area (Å²) in [6.07, 6.45) is 5.81. The maximum atomic E-state index is 13.5. The number of nitrogens with zero attached hydrogens (tertiary/aromatic N) is 2. The van der Waals surface area contributed by atoms with Crippen LogP contribution in [-0.2, 0) is 22.6 Å². The Morgan fingerprint density at radius 2 is 2.00 bits per heavy atom. The zero-order valence-electron chi connectivity index (χ0n) is 17.1. The second kappa shape index (κ2) is 7.26. The molecule has 0 bridgehead atoms. The standard InChI is InChI=1S/C21H29N3O3S/c1-12(2)17-22-19-16(14-10-21(3,4)27-11-15(14)28-19)20(26)24(17)23-18(25)13-8-6-5-7-9-13/h12-13H,5-11H2,1-4H3,(H,23,25). The van der Waals surface area contributed by atoms with Crippen molar-refractivity contribution >= 4 is 27.5 Å². The van der Waals surface area contributed by atoms with Gasteiger partial charge in [0.25, 0.3) is 5.56 Å². The number of amides is 1. The predicted octanol–water partition coefficient (Wildman–Crippen LogP) is 4.08. The normalized spacial score (nSPS) is 19.8. The van der Waals surface area contributed by atoms with Crippen molar-refractivity contribution in [3.8, 4) is 0 Å². The molecule has 0 aromatic carbocycles. The molecule has 28 heavy (non-hydrogen) atoms. The Kier molecular flexibility index (Phi) is 5.08. The third-order valence-electron chi connectivity index (χ3n) is 5.85. The number of fused-ring (bicyclic) bond motifs is 3. The van der Waals surface area contributed by atoms with Gasteiger partial charge in [0, 0.05) is 23.1 Å². The lowest BCUT2D eigenvalue weighted by Crippen LogP contribution is -2.40. The summed E-state index contributed by atoms with van der Waals surface area (Å²) in [6, 6.07) is 0. The predicted molar refractivity (Wildman–Crippen MR) is 111 cm³/mol. The Hall–Kier alpha value is -1.73. The van der Waals surface area contributed by atoms with Crippen LogP contribution in [0.3, 0.4) is 0 Å². The highest BCUT2D eigenvalue weighted by Gasteiger charge is 2.32. The maximum absolute atomic E-state index is 13.5. The van der Waals surface area contributed by atoms with E-state index in [2.05, 4.69) is 5.43 Å². The van der Waals surface area contributed by atoms with Crippen molar-refractivity contribution in [3.63, 3.8) is 0 Å². The number of aromatic nitrogens is 2. The van der Waals surface area contributed by atoms with Gasteiger partial charge >= 0.3 is 0 Å². The van der Waals surface area contributed by atoms with Crippen LogP contribution in [0.25, 0.3) is 10.2 Å². The highest BCUT2D eigenvalue weighted by molar-refractivity contribution is 7.18. The van der Waals surface area contributed by atoms with Crippen molar-refractivity contribution in [2.75, 3.05) is 5.43 Å². The van der Waals surface area contributed by atoms with E-state index in [1.54, 1.807) is 0 Å². The number of carbonyl (C=O) groups excluding carboxylic acids is 1. The van der Waals surface area contributed by atoms with Crippen LogP contribution < -0.4 is 11.0 Å². The number of thiophene rings is 1. The minimum absolute atomic E-state index is 0.0138. The Morgan fingerprint density at radius 3 is 2.68 bits per heavy atom. The summed E-state index contributed by atoms with van der Waals surface area (Å²) >= 11 is 1.54. The molecule has 6 nitrogen and oxygen atoms in total. The van der Waals surface area contributed by atoms with Crippen LogP contribution in [-0.4, -0.2) is 21.2 Å². The van der Waals surface area contributed by atoms with E-state index in [-0.39, 0.29) is 28.9 Å². The van der Waals surface area contributed by atoms with Crippen molar-refractivity contribution < 1.29 is 9.53 Å². The Morgan fingerprint density at radius 1 is 1.29 bits per heavy atom. The van der Waals surface area contributed by atoms with Gasteiger partial charge in [0.15, 0.2) is 0 Å². The fourth-order valence-electron chi connectivity index (χ4n) is 4.27. The molecule has 7 heteroatoms. The molecule has 0 unspecified atom stereocenters. The average Bonchev–Trinajstić information content (AvgIpc) is 3.01. The van der Waals surface area contributed by atoms with Crippen molar-refractivity contribution in [3.05, 3.63) is 26.6 Å². The summed E-state index contributed by atoms with van der Waals surface area (Å²) in [6.45, 7) is 8.58. The summed E-state index contributed by atoms with van der Waals surface area (Å²) in [7, 11) is 0. The molecule has 2 aromatic rings. The van der Waals surface area contributed by atoms with Crippen molar-refractivity contribution in [2.24, 2.45) is 5.92 Å². The van der Waals surface area contributed by atoms with E-state index < -0.39 is 0 Å². The Bertz CT molecular complexity index is 967. The number of hydrogen-bond donors (Lipinski definition) is 1. The van der Waals surface area contributed by atoms with E-state index >= 15 is 0 Å². The minimum Gasteiger partial charge on any atom is -0.370 e. The summed E-state index contributed by atoms with van der Waals surface area (Å²) in [4.78, 5) is 33.0. The van der Waals surface area contributed by atoms with E-state index in [1.165, 1.54) is 22.4 Å².